The minimum Gasteiger partial charge on any atom is -0.462 e. The first-order valence-corrected chi connectivity index (χ1v) is 9.40. The largest absolute Gasteiger partial charge is 0.462 e. The van der Waals surface area contributed by atoms with E-state index in [1.54, 1.807) is 6.92 Å². The number of hydrogen-bond donors (Lipinski definition) is 1. The Labute approximate surface area is 150 Å². The molecule has 0 aliphatic carbocycles. The molecule has 0 amide bonds. The van der Waals surface area contributed by atoms with Gasteiger partial charge in [0.1, 0.15) is 6.54 Å². The first-order chi connectivity index (χ1) is 12.2. The Bertz CT molecular complexity index is 546. The minimum absolute atomic E-state index is 0.186. The molecular formula is C20H30NO4+. The van der Waals surface area contributed by atoms with Crippen LogP contribution in [-0.4, -0.2) is 43.8 Å². The molecule has 0 aromatic heterocycles. The van der Waals surface area contributed by atoms with Crippen molar-refractivity contribution in [2.45, 2.75) is 58.0 Å². The number of carbonyl (C=O) groups excluding carboxylic acids is 2. The predicted octanol–water partition coefficient (Wildman–Crippen LogP) is 1.55. The molecule has 1 unspecified atom stereocenters. The zero-order valence-electron chi connectivity index (χ0n) is 15.3. The van der Waals surface area contributed by atoms with Crippen LogP contribution in [0, 0.1) is 0 Å². The summed E-state index contributed by atoms with van der Waals surface area (Å²) in [6.45, 7) is 5.43. The lowest BCUT2D eigenvalue weighted by molar-refractivity contribution is -0.789. The molecular weight excluding hydrogens is 318 g/mol. The van der Waals surface area contributed by atoms with Gasteiger partial charge in [0.25, 0.3) is 0 Å². The van der Waals surface area contributed by atoms with E-state index in [9.17, 15) is 9.59 Å². The third-order valence-electron chi connectivity index (χ3n) is 4.56. The number of unbranched alkanes of at least 4 members (excludes halogenated alkanes) is 3. The van der Waals surface area contributed by atoms with Gasteiger partial charge in [-0.15, -0.1) is 0 Å². The van der Waals surface area contributed by atoms with Crippen molar-refractivity contribution in [1.29, 1.82) is 0 Å². The van der Waals surface area contributed by atoms with Crippen LogP contribution in [0.3, 0.4) is 0 Å². The van der Waals surface area contributed by atoms with E-state index in [1.165, 1.54) is 6.42 Å². The molecule has 2 rings (SSSR count). The van der Waals surface area contributed by atoms with Crippen LogP contribution >= 0.6 is 0 Å². The summed E-state index contributed by atoms with van der Waals surface area (Å²) in [4.78, 5) is 25.5. The molecule has 25 heavy (non-hydrogen) atoms. The van der Waals surface area contributed by atoms with Crippen LogP contribution in [0.2, 0.25) is 0 Å². The fourth-order valence-electron chi connectivity index (χ4n) is 3.06. The van der Waals surface area contributed by atoms with Crippen molar-refractivity contribution >= 4 is 11.9 Å². The van der Waals surface area contributed by atoms with E-state index in [4.69, 9.17) is 9.47 Å². The van der Waals surface area contributed by atoms with Crippen LogP contribution in [-0.2, 0) is 25.5 Å². The summed E-state index contributed by atoms with van der Waals surface area (Å²) in [5, 5.41) is 0. The van der Waals surface area contributed by atoms with Gasteiger partial charge in [0.05, 0.1) is 13.2 Å². The van der Waals surface area contributed by atoms with Crippen molar-refractivity contribution < 1.29 is 24.0 Å². The monoisotopic (exact) mass is 348 g/mol. The van der Waals surface area contributed by atoms with Gasteiger partial charge in [-0.2, -0.15) is 0 Å². The summed E-state index contributed by atoms with van der Waals surface area (Å²) in [6.07, 6.45) is 4.91. The number of hydrogen-bond acceptors (Lipinski definition) is 4. The maximum Gasteiger partial charge on any atom is 0.371 e. The Morgan fingerprint density at radius 1 is 1.12 bits per heavy atom. The summed E-state index contributed by atoms with van der Waals surface area (Å²) < 4.78 is 10.6. The number of benzene rings is 1. The molecule has 1 aliphatic heterocycles. The number of quaternary nitrogens is 1. The maximum absolute atomic E-state index is 12.3. The Kier molecular flexibility index (Phi) is 7.92. The molecule has 0 saturated carbocycles. The second-order valence-electron chi connectivity index (χ2n) is 6.55. The van der Waals surface area contributed by atoms with Gasteiger partial charge in [0, 0.05) is 6.42 Å². The van der Waals surface area contributed by atoms with Crippen LogP contribution in [0.4, 0.5) is 0 Å². The molecule has 1 aliphatic rings. The average molecular weight is 348 g/mol. The molecule has 138 valence electrons. The van der Waals surface area contributed by atoms with Gasteiger partial charge >= 0.3 is 11.9 Å². The topological polar surface area (TPSA) is 57.0 Å². The molecule has 0 bridgehead atoms. The lowest BCUT2D eigenvalue weighted by Gasteiger charge is -2.14. The summed E-state index contributed by atoms with van der Waals surface area (Å²) in [7, 11) is 0. The molecule has 1 aromatic rings. The van der Waals surface area contributed by atoms with Crippen molar-refractivity contribution in [1.82, 2.24) is 0 Å². The number of ether oxygens (including phenoxy) is 2. The van der Waals surface area contributed by atoms with Gasteiger partial charge in [-0.25, -0.2) is 9.59 Å². The van der Waals surface area contributed by atoms with Crippen molar-refractivity contribution in [3.63, 3.8) is 0 Å². The second kappa shape index (κ2) is 10.2. The van der Waals surface area contributed by atoms with Gasteiger partial charge in [0.15, 0.2) is 6.04 Å². The molecule has 0 spiro atoms. The number of esters is 2. The van der Waals surface area contributed by atoms with Crippen LogP contribution in [0.15, 0.2) is 30.3 Å². The van der Waals surface area contributed by atoms with E-state index in [-0.39, 0.29) is 24.0 Å². The predicted molar refractivity (Wildman–Crippen MR) is 95.3 cm³/mol. The SMILES string of the molecule is CCCCCCOC(=O)[C@H]1C[NH+]1[C@H](Cc1ccccc1)C(=O)OCC. The molecule has 0 radical (unpaired) electrons. The highest BCUT2D eigenvalue weighted by atomic mass is 16.5. The van der Waals surface area contributed by atoms with Crippen LogP contribution in [0.1, 0.15) is 45.1 Å². The van der Waals surface area contributed by atoms with E-state index < -0.39 is 0 Å². The highest BCUT2D eigenvalue weighted by molar-refractivity contribution is 5.79. The van der Waals surface area contributed by atoms with Crippen LogP contribution in [0.25, 0.3) is 0 Å². The summed E-state index contributed by atoms with van der Waals surface area (Å²) in [6, 6.07) is 9.27. The molecule has 1 saturated heterocycles. The van der Waals surface area contributed by atoms with E-state index in [0.29, 0.717) is 26.2 Å². The molecule has 3 atom stereocenters. The van der Waals surface area contributed by atoms with Crippen molar-refractivity contribution in [2.75, 3.05) is 19.8 Å². The summed E-state index contributed by atoms with van der Waals surface area (Å²) in [5.74, 6) is -0.423. The Morgan fingerprint density at radius 3 is 2.56 bits per heavy atom. The maximum atomic E-state index is 12.3. The Balaban J connectivity index is 1.86. The smallest absolute Gasteiger partial charge is 0.371 e. The van der Waals surface area contributed by atoms with Gasteiger partial charge in [0.2, 0.25) is 6.04 Å². The fraction of sp³-hybridized carbons (Fsp3) is 0.600. The summed E-state index contributed by atoms with van der Waals surface area (Å²) >= 11 is 0. The van der Waals surface area contributed by atoms with Crippen LogP contribution < -0.4 is 4.90 Å². The third-order valence-corrected chi connectivity index (χ3v) is 4.56. The van der Waals surface area contributed by atoms with Crippen LogP contribution in [0.5, 0.6) is 0 Å². The molecule has 1 fully saturated rings. The quantitative estimate of drug-likeness (QED) is 0.374. The molecule has 1 heterocycles. The van der Waals surface area contributed by atoms with E-state index in [2.05, 4.69) is 6.92 Å². The van der Waals surface area contributed by atoms with Crippen molar-refractivity contribution in [3.05, 3.63) is 35.9 Å². The summed E-state index contributed by atoms with van der Waals surface area (Å²) in [5.41, 5.74) is 1.08. The zero-order chi connectivity index (χ0) is 18.1. The zero-order valence-corrected chi connectivity index (χ0v) is 15.3. The third kappa shape index (κ3) is 6.16. The Hall–Kier alpha value is -1.88. The van der Waals surface area contributed by atoms with Gasteiger partial charge < -0.3 is 14.4 Å². The van der Waals surface area contributed by atoms with E-state index in [1.807, 2.05) is 30.3 Å². The molecule has 1 N–H and O–H groups in total. The highest BCUT2D eigenvalue weighted by Crippen LogP contribution is 2.07. The number of rotatable bonds is 11. The van der Waals surface area contributed by atoms with Gasteiger partial charge in [-0.05, 0) is 18.9 Å². The second-order valence-corrected chi connectivity index (χ2v) is 6.55. The normalized spacial score (nSPS) is 19.9. The molecule has 5 heteroatoms. The Morgan fingerprint density at radius 2 is 1.88 bits per heavy atom. The average Bonchev–Trinajstić information content (AvgIpc) is 3.41. The number of carbonyl (C=O) groups is 2. The minimum atomic E-state index is -0.347. The number of nitrogens with one attached hydrogen (secondary N) is 1. The van der Waals surface area contributed by atoms with Gasteiger partial charge in [-0.1, -0.05) is 56.5 Å². The molecule has 1 aromatic carbocycles. The van der Waals surface area contributed by atoms with E-state index >= 15 is 0 Å². The van der Waals surface area contributed by atoms with Crippen molar-refractivity contribution in [3.8, 4) is 0 Å². The van der Waals surface area contributed by atoms with Crippen molar-refractivity contribution in [2.24, 2.45) is 0 Å². The van der Waals surface area contributed by atoms with E-state index in [0.717, 1.165) is 29.7 Å². The molecule has 5 nitrogen and oxygen atoms in total. The lowest BCUT2D eigenvalue weighted by Crippen LogP contribution is -3.02. The lowest BCUT2D eigenvalue weighted by atomic mass is 10.1. The van der Waals surface area contributed by atoms with Gasteiger partial charge in [-0.3, -0.25) is 0 Å². The first-order valence-electron chi connectivity index (χ1n) is 9.40. The fourth-order valence-corrected chi connectivity index (χ4v) is 3.06. The standard InChI is InChI=1S/C20H29NO4/c1-3-5-6-10-13-25-20(23)18-15-21(18)17(19(22)24-4-2)14-16-11-8-7-9-12-16/h7-9,11-12,17-18H,3-6,10,13-15H2,1-2H3/p+1/t17-,18-,21?/m1/s1. The first kappa shape index (κ1) is 19.4. The highest BCUT2D eigenvalue weighted by Gasteiger charge is 2.54.